The fraction of sp³-hybridized carbons (Fsp3) is 0.0667. The van der Waals surface area contributed by atoms with Crippen LogP contribution in [0.15, 0.2) is 53.6 Å². The zero-order valence-corrected chi connectivity index (χ0v) is 13.0. The molecule has 0 unspecified atom stereocenters. The molecule has 0 saturated heterocycles. The van der Waals surface area contributed by atoms with E-state index in [0.29, 0.717) is 11.2 Å². The molecule has 3 N–H and O–H groups in total. The van der Waals surface area contributed by atoms with Gasteiger partial charge in [0.15, 0.2) is 0 Å². The lowest BCUT2D eigenvalue weighted by Crippen LogP contribution is -2.16. The lowest BCUT2D eigenvalue weighted by Gasteiger charge is -2.11. The molecule has 3 aromatic rings. The van der Waals surface area contributed by atoms with Crippen LogP contribution in [0.4, 0.5) is 11.6 Å². The van der Waals surface area contributed by atoms with Gasteiger partial charge in [0.05, 0.1) is 12.6 Å². The molecule has 3 rings (SSSR count). The van der Waals surface area contributed by atoms with Gasteiger partial charge < -0.3 is 10.5 Å². The average Bonchev–Trinajstić information content (AvgIpc) is 2.54. The molecule has 1 heterocycles. The SMILES string of the molecule is COc1cc(N)ccc1S(=O)(=O)Nc1ncc2ccccc2n1. The molecule has 23 heavy (non-hydrogen) atoms. The van der Waals surface area contributed by atoms with E-state index in [0.717, 1.165) is 5.39 Å². The highest BCUT2D eigenvalue weighted by Crippen LogP contribution is 2.27. The number of sulfonamides is 1. The topological polar surface area (TPSA) is 107 Å². The number of nitrogen functional groups attached to an aromatic ring is 1. The molecule has 0 aliphatic heterocycles. The van der Waals surface area contributed by atoms with Gasteiger partial charge in [-0.25, -0.2) is 23.1 Å². The highest BCUT2D eigenvalue weighted by atomic mass is 32.2. The van der Waals surface area contributed by atoms with Crippen LogP contribution < -0.4 is 15.2 Å². The number of para-hydroxylation sites is 1. The largest absolute Gasteiger partial charge is 0.495 e. The third-order valence-electron chi connectivity index (χ3n) is 3.19. The molecule has 0 radical (unpaired) electrons. The zero-order chi connectivity index (χ0) is 16.4. The number of benzene rings is 2. The molecular weight excluding hydrogens is 316 g/mol. The van der Waals surface area contributed by atoms with Gasteiger partial charge in [-0.2, -0.15) is 0 Å². The smallest absolute Gasteiger partial charge is 0.267 e. The number of nitrogens with one attached hydrogen (secondary N) is 1. The molecule has 2 aromatic carbocycles. The van der Waals surface area contributed by atoms with Gasteiger partial charge >= 0.3 is 0 Å². The van der Waals surface area contributed by atoms with Crippen molar-refractivity contribution in [3.63, 3.8) is 0 Å². The van der Waals surface area contributed by atoms with Gasteiger partial charge in [0.25, 0.3) is 10.0 Å². The zero-order valence-electron chi connectivity index (χ0n) is 12.2. The lowest BCUT2D eigenvalue weighted by molar-refractivity contribution is 0.403. The van der Waals surface area contributed by atoms with E-state index in [1.54, 1.807) is 12.3 Å². The first-order valence-corrected chi connectivity index (χ1v) is 8.16. The first kappa shape index (κ1) is 15.0. The first-order valence-electron chi connectivity index (χ1n) is 6.68. The number of nitrogens with zero attached hydrogens (tertiary/aromatic N) is 2. The number of fused-ring (bicyclic) bond motifs is 1. The Kier molecular flexibility index (Phi) is 3.75. The molecule has 0 spiro atoms. The fourth-order valence-electron chi connectivity index (χ4n) is 2.10. The maximum atomic E-state index is 12.5. The minimum Gasteiger partial charge on any atom is -0.495 e. The van der Waals surface area contributed by atoms with E-state index < -0.39 is 10.0 Å². The summed E-state index contributed by atoms with van der Waals surface area (Å²) >= 11 is 0. The maximum Gasteiger partial charge on any atom is 0.267 e. The van der Waals surface area contributed by atoms with Crippen molar-refractivity contribution in [1.29, 1.82) is 0 Å². The number of aromatic nitrogens is 2. The summed E-state index contributed by atoms with van der Waals surface area (Å²) in [6.07, 6.45) is 1.56. The second-order valence-corrected chi connectivity index (χ2v) is 6.42. The van der Waals surface area contributed by atoms with Crippen molar-refractivity contribution in [2.75, 3.05) is 17.6 Å². The highest BCUT2D eigenvalue weighted by molar-refractivity contribution is 7.92. The standard InChI is InChI=1S/C15H14N4O3S/c1-22-13-8-11(16)6-7-14(13)23(20,21)19-15-17-9-10-4-2-3-5-12(10)18-15/h2-9H,16H2,1H3,(H,17,18,19). The number of hydrogen-bond acceptors (Lipinski definition) is 6. The van der Waals surface area contributed by atoms with Crippen molar-refractivity contribution in [2.45, 2.75) is 4.90 Å². The highest BCUT2D eigenvalue weighted by Gasteiger charge is 2.21. The molecular formula is C15H14N4O3S. The Hall–Kier alpha value is -2.87. The Balaban J connectivity index is 1.99. The van der Waals surface area contributed by atoms with Gasteiger partial charge in [0.2, 0.25) is 5.95 Å². The Bertz CT molecular complexity index is 973. The summed E-state index contributed by atoms with van der Waals surface area (Å²) in [4.78, 5) is 8.18. The van der Waals surface area contributed by atoms with Crippen molar-refractivity contribution >= 4 is 32.6 Å². The Morgan fingerprint density at radius 1 is 1.17 bits per heavy atom. The summed E-state index contributed by atoms with van der Waals surface area (Å²) in [5, 5.41) is 0.820. The first-order chi connectivity index (χ1) is 11.0. The molecule has 0 amide bonds. The number of anilines is 2. The molecule has 118 valence electrons. The monoisotopic (exact) mass is 330 g/mol. The molecule has 7 nitrogen and oxygen atoms in total. The molecule has 0 aliphatic carbocycles. The average molecular weight is 330 g/mol. The number of nitrogens with two attached hydrogens (primary N) is 1. The molecule has 0 bridgehead atoms. The minimum atomic E-state index is -3.90. The normalized spacial score (nSPS) is 11.3. The van der Waals surface area contributed by atoms with E-state index in [2.05, 4.69) is 14.7 Å². The Labute approximate surface area is 133 Å². The van der Waals surface area contributed by atoms with Crippen LogP contribution in [-0.2, 0) is 10.0 Å². The predicted octanol–water partition coefficient (Wildman–Crippen LogP) is 2.02. The Morgan fingerprint density at radius 3 is 2.74 bits per heavy atom. The second-order valence-electron chi connectivity index (χ2n) is 4.77. The van der Waals surface area contributed by atoms with Crippen LogP contribution in [-0.4, -0.2) is 25.5 Å². The third kappa shape index (κ3) is 3.02. The van der Waals surface area contributed by atoms with Crippen LogP contribution in [0.5, 0.6) is 5.75 Å². The van der Waals surface area contributed by atoms with Gasteiger partial charge in [0.1, 0.15) is 10.6 Å². The van der Waals surface area contributed by atoms with Crippen molar-refractivity contribution in [3.05, 3.63) is 48.7 Å². The number of hydrogen-bond donors (Lipinski definition) is 2. The van der Waals surface area contributed by atoms with Gasteiger partial charge in [-0.1, -0.05) is 18.2 Å². The van der Waals surface area contributed by atoms with Crippen molar-refractivity contribution in [1.82, 2.24) is 9.97 Å². The molecule has 1 aromatic heterocycles. The minimum absolute atomic E-state index is 0.0115. The maximum absolute atomic E-state index is 12.5. The van der Waals surface area contributed by atoms with Gasteiger partial charge in [0, 0.05) is 23.3 Å². The predicted molar refractivity (Wildman–Crippen MR) is 87.8 cm³/mol. The van der Waals surface area contributed by atoms with Crippen LogP contribution in [0.3, 0.4) is 0 Å². The van der Waals surface area contributed by atoms with Crippen molar-refractivity contribution in [3.8, 4) is 5.75 Å². The van der Waals surface area contributed by atoms with Crippen molar-refractivity contribution in [2.24, 2.45) is 0 Å². The van der Waals surface area contributed by atoms with E-state index in [9.17, 15) is 8.42 Å². The van der Waals surface area contributed by atoms with Gasteiger partial charge in [-0.15, -0.1) is 0 Å². The summed E-state index contributed by atoms with van der Waals surface area (Å²) in [5.74, 6) is 0.140. The van der Waals surface area contributed by atoms with E-state index in [4.69, 9.17) is 10.5 Å². The quantitative estimate of drug-likeness (QED) is 0.709. The fourth-order valence-corrected chi connectivity index (χ4v) is 3.21. The number of rotatable bonds is 4. The number of ether oxygens (including phenoxy) is 1. The molecule has 8 heteroatoms. The van der Waals surface area contributed by atoms with E-state index >= 15 is 0 Å². The van der Waals surface area contributed by atoms with E-state index in [-0.39, 0.29) is 16.6 Å². The summed E-state index contributed by atoms with van der Waals surface area (Å²) in [7, 11) is -2.52. The Morgan fingerprint density at radius 2 is 1.96 bits per heavy atom. The summed E-state index contributed by atoms with van der Waals surface area (Å²) < 4.78 is 32.5. The number of methoxy groups -OCH3 is 1. The van der Waals surface area contributed by atoms with Gasteiger partial charge in [-0.3, -0.25) is 0 Å². The van der Waals surface area contributed by atoms with Crippen LogP contribution >= 0.6 is 0 Å². The van der Waals surface area contributed by atoms with Crippen molar-refractivity contribution < 1.29 is 13.2 Å². The molecule has 0 atom stereocenters. The third-order valence-corrected chi connectivity index (χ3v) is 4.56. The van der Waals surface area contributed by atoms with Crippen LogP contribution in [0.25, 0.3) is 10.9 Å². The lowest BCUT2D eigenvalue weighted by atomic mass is 10.2. The van der Waals surface area contributed by atoms with E-state index in [1.165, 1.54) is 25.3 Å². The molecule has 0 fully saturated rings. The van der Waals surface area contributed by atoms with Crippen LogP contribution in [0.1, 0.15) is 0 Å². The van der Waals surface area contributed by atoms with Crippen LogP contribution in [0.2, 0.25) is 0 Å². The summed E-state index contributed by atoms with van der Waals surface area (Å²) in [6.45, 7) is 0. The van der Waals surface area contributed by atoms with Crippen LogP contribution in [0, 0.1) is 0 Å². The molecule has 0 aliphatic rings. The summed E-state index contributed by atoms with van der Waals surface area (Å²) in [6, 6.07) is 11.6. The molecule has 0 saturated carbocycles. The second kappa shape index (κ2) is 5.73. The van der Waals surface area contributed by atoms with Gasteiger partial charge in [-0.05, 0) is 18.2 Å². The van der Waals surface area contributed by atoms with E-state index in [1.807, 2.05) is 18.2 Å². The summed E-state index contributed by atoms with van der Waals surface area (Å²) in [5.41, 5.74) is 6.69.